The van der Waals surface area contributed by atoms with Crippen LogP contribution in [0.4, 0.5) is 0 Å². The summed E-state index contributed by atoms with van der Waals surface area (Å²) in [6.07, 6.45) is 16.8. The molecule has 25 heavy (non-hydrogen) atoms. The topological polar surface area (TPSA) is 0 Å². The third kappa shape index (κ3) is 2.25. The van der Waals surface area contributed by atoms with Crippen LogP contribution in [-0.2, 0) is 0 Å². The molecule has 0 unspecified atom stereocenters. The van der Waals surface area contributed by atoms with Crippen molar-refractivity contribution in [3.8, 4) is 0 Å². The van der Waals surface area contributed by atoms with Gasteiger partial charge >= 0.3 is 0 Å². The van der Waals surface area contributed by atoms with Crippen LogP contribution in [0.25, 0.3) is 0 Å². The molecule has 0 spiro atoms. The highest BCUT2D eigenvalue weighted by Gasteiger charge is 2.59. The van der Waals surface area contributed by atoms with Crippen LogP contribution < -0.4 is 0 Å². The first-order chi connectivity index (χ1) is 12.1. The Hall–Kier alpha value is -1.04. The van der Waals surface area contributed by atoms with Gasteiger partial charge < -0.3 is 0 Å². The van der Waals surface area contributed by atoms with Crippen molar-refractivity contribution in [3.63, 3.8) is 0 Å². The van der Waals surface area contributed by atoms with Crippen LogP contribution in [-0.4, -0.2) is 0 Å². The molecule has 0 heterocycles. The molecule has 0 heteroatoms. The van der Waals surface area contributed by atoms with Crippen molar-refractivity contribution < 1.29 is 0 Å². The highest BCUT2D eigenvalue weighted by molar-refractivity contribution is 5.26. The van der Waals surface area contributed by atoms with Gasteiger partial charge in [-0.2, -0.15) is 0 Å². The molecule has 0 amide bonds. The summed E-state index contributed by atoms with van der Waals surface area (Å²) in [5.41, 5.74) is 2.67. The SMILES string of the molecule is C[C@]12C=CCC[C@@H]1CC[C@@H]1[C@@H]2CC[C@]2(C)[C@@H](c3ccccc3)CC[C@@H]12. The maximum Gasteiger partial charge on any atom is -0.00872 e. The van der Waals surface area contributed by atoms with E-state index in [1.54, 1.807) is 5.56 Å². The Balaban J connectivity index is 1.47. The number of benzene rings is 1. The van der Waals surface area contributed by atoms with Gasteiger partial charge in [0.2, 0.25) is 0 Å². The average Bonchev–Trinajstić information content (AvgIpc) is 2.99. The zero-order valence-electron chi connectivity index (χ0n) is 16.1. The van der Waals surface area contributed by atoms with Crippen molar-refractivity contribution in [1.82, 2.24) is 0 Å². The monoisotopic (exact) mass is 334 g/mol. The molecule has 0 N–H and O–H groups in total. The van der Waals surface area contributed by atoms with Crippen molar-refractivity contribution in [1.29, 1.82) is 0 Å². The maximum absolute atomic E-state index is 2.66. The fourth-order valence-electron chi connectivity index (χ4n) is 8.05. The summed E-state index contributed by atoms with van der Waals surface area (Å²) in [7, 11) is 0. The van der Waals surface area contributed by atoms with Crippen LogP contribution in [0.5, 0.6) is 0 Å². The third-order valence-electron chi connectivity index (χ3n) is 9.32. The van der Waals surface area contributed by atoms with E-state index < -0.39 is 0 Å². The zero-order chi connectivity index (χ0) is 17.1. The Morgan fingerprint density at radius 1 is 0.840 bits per heavy atom. The van der Waals surface area contributed by atoms with E-state index in [2.05, 4.69) is 56.3 Å². The maximum atomic E-state index is 2.66. The molecule has 1 aromatic carbocycles. The summed E-state index contributed by atoms with van der Waals surface area (Å²) in [5.74, 6) is 4.66. The lowest BCUT2D eigenvalue weighted by Crippen LogP contribution is -2.51. The third-order valence-corrected chi connectivity index (χ3v) is 9.32. The number of hydrogen-bond acceptors (Lipinski definition) is 0. The summed E-state index contributed by atoms with van der Waals surface area (Å²) in [6, 6.07) is 11.5. The smallest absolute Gasteiger partial charge is 0.00872 e. The van der Waals surface area contributed by atoms with Gasteiger partial charge in [-0.3, -0.25) is 0 Å². The van der Waals surface area contributed by atoms with Gasteiger partial charge in [-0.1, -0.05) is 56.3 Å². The fourth-order valence-corrected chi connectivity index (χ4v) is 8.05. The molecule has 5 rings (SSSR count). The number of fused-ring (bicyclic) bond motifs is 5. The molecular weight excluding hydrogens is 300 g/mol. The summed E-state index contributed by atoms with van der Waals surface area (Å²) in [5, 5.41) is 0. The van der Waals surface area contributed by atoms with E-state index in [1.807, 2.05) is 0 Å². The van der Waals surface area contributed by atoms with Crippen LogP contribution in [0.15, 0.2) is 42.5 Å². The van der Waals surface area contributed by atoms with Gasteiger partial charge in [-0.15, -0.1) is 0 Å². The van der Waals surface area contributed by atoms with Crippen LogP contribution in [0.1, 0.15) is 76.7 Å². The predicted molar refractivity (Wildman–Crippen MR) is 105 cm³/mol. The minimum absolute atomic E-state index is 0.507. The lowest BCUT2D eigenvalue weighted by Gasteiger charge is -2.59. The molecule has 3 saturated carbocycles. The van der Waals surface area contributed by atoms with E-state index in [0.29, 0.717) is 10.8 Å². The molecule has 0 radical (unpaired) electrons. The number of allylic oxidation sites excluding steroid dienone is 2. The van der Waals surface area contributed by atoms with Gasteiger partial charge in [0.05, 0.1) is 0 Å². The lowest BCUT2D eigenvalue weighted by molar-refractivity contribution is -0.0719. The molecule has 0 nitrogen and oxygen atoms in total. The summed E-state index contributed by atoms with van der Waals surface area (Å²) in [4.78, 5) is 0. The van der Waals surface area contributed by atoms with Crippen molar-refractivity contribution in [3.05, 3.63) is 48.0 Å². The normalized spacial score (nSPS) is 48.5. The van der Waals surface area contributed by atoms with E-state index in [1.165, 1.54) is 51.4 Å². The summed E-state index contributed by atoms with van der Waals surface area (Å²) in [6.45, 7) is 5.28. The van der Waals surface area contributed by atoms with Crippen LogP contribution >= 0.6 is 0 Å². The zero-order valence-corrected chi connectivity index (χ0v) is 16.1. The number of hydrogen-bond donors (Lipinski definition) is 0. The first kappa shape index (κ1) is 16.2. The molecular formula is C25H34. The molecule has 3 fully saturated rings. The van der Waals surface area contributed by atoms with Crippen LogP contribution in [0.2, 0.25) is 0 Å². The molecule has 4 aliphatic rings. The second-order valence-electron chi connectivity index (χ2n) is 10.1. The van der Waals surface area contributed by atoms with E-state index in [-0.39, 0.29) is 0 Å². The van der Waals surface area contributed by atoms with Gasteiger partial charge in [0.1, 0.15) is 0 Å². The van der Waals surface area contributed by atoms with E-state index >= 15 is 0 Å². The lowest BCUT2D eigenvalue weighted by atomic mass is 9.46. The molecule has 0 bridgehead atoms. The standard InChI is InChI=1S/C25H34/c1-24-16-7-6-10-19(24)11-12-20-22-14-13-21(18-8-4-3-5-9-18)25(22,2)17-15-23(20)24/h3-5,7-9,16,19-23H,6,10-15,17H2,1-2H3/t19-,20+,21-,22+,23+,24+,25-/m1/s1. The fraction of sp³-hybridized carbons (Fsp3) is 0.680. The van der Waals surface area contributed by atoms with Crippen LogP contribution in [0, 0.1) is 34.5 Å². The Kier molecular flexibility index (Phi) is 3.70. The minimum atomic E-state index is 0.507. The van der Waals surface area contributed by atoms with Crippen molar-refractivity contribution >= 4 is 0 Å². The van der Waals surface area contributed by atoms with E-state index in [9.17, 15) is 0 Å². The average molecular weight is 335 g/mol. The van der Waals surface area contributed by atoms with Gasteiger partial charge in [0.25, 0.3) is 0 Å². The van der Waals surface area contributed by atoms with E-state index in [0.717, 1.165) is 29.6 Å². The molecule has 7 atom stereocenters. The summed E-state index contributed by atoms with van der Waals surface area (Å²) >= 11 is 0. The highest BCUT2D eigenvalue weighted by atomic mass is 14.6. The number of rotatable bonds is 1. The second kappa shape index (κ2) is 5.73. The largest absolute Gasteiger partial charge is 0.0880 e. The first-order valence-corrected chi connectivity index (χ1v) is 10.9. The quantitative estimate of drug-likeness (QED) is 0.486. The van der Waals surface area contributed by atoms with Gasteiger partial charge in [-0.25, -0.2) is 0 Å². The Bertz CT molecular complexity index is 658. The van der Waals surface area contributed by atoms with Crippen molar-refractivity contribution in [2.75, 3.05) is 0 Å². The Morgan fingerprint density at radius 3 is 2.52 bits per heavy atom. The predicted octanol–water partition coefficient (Wildman–Crippen LogP) is 6.98. The van der Waals surface area contributed by atoms with E-state index in [4.69, 9.17) is 0 Å². The molecule has 134 valence electrons. The Labute approximate surface area is 154 Å². The highest BCUT2D eigenvalue weighted by Crippen LogP contribution is 2.68. The second-order valence-corrected chi connectivity index (χ2v) is 10.1. The van der Waals surface area contributed by atoms with Gasteiger partial charge in [-0.05, 0) is 97.3 Å². The molecule has 0 saturated heterocycles. The molecule has 0 aliphatic heterocycles. The molecule has 1 aromatic rings. The first-order valence-electron chi connectivity index (χ1n) is 10.9. The molecule has 4 aliphatic carbocycles. The minimum Gasteiger partial charge on any atom is -0.0880 e. The Morgan fingerprint density at radius 2 is 1.68 bits per heavy atom. The van der Waals surface area contributed by atoms with Gasteiger partial charge in [0, 0.05) is 0 Å². The van der Waals surface area contributed by atoms with Gasteiger partial charge in [0.15, 0.2) is 0 Å². The summed E-state index contributed by atoms with van der Waals surface area (Å²) < 4.78 is 0. The van der Waals surface area contributed by atoms with Crippen molar-refractivity contribution in [2.45, 2.75) is 71.1 Å². The van der Waals surface area contributed by atoms with Crippen molar-refractivity contribution in [2.24, 2.45) is 34.5 Å². The molecule has 0 aromatic heterocycles. The van der Waals surface area contributed by atoms with Crippen LogP contribution in [0.3, 0.4) is 0 Å².